The monoisotopic (exact) mass is 261 g/mol. The highest BCUT2D eigenvalue weighted by atomic mass is 32.2. The molecule has 0 aliphatic rings. The predicted molar refractivity (Wildman–Crippen MR) is 64.0 cm³/mol. The number of aliphatic hydroxyl groups excluding tert-OH is 1. The number of aromatic nitrogens is 2. The fourth-order valence-electron chi connectivity index (χ4n) is 1.59. The molecule has 0 amide bonds. The van der Waals surface area contributed by atoms with Gasteiger partial charge in [-0.1, -0.05) is 19.8 Å². The molecule has 0 radical (unpaired) electrons. The number of aromatic amines is 1. The van der Waals surface area contributed by atoms with Gasteiger partial charge in [0.15, 0.2) is 0 Å². The van der Waals surface area contributed by atoms with Gasteiger partial charge in [-0.25, -0.2) is 13.1 Å². The fourth-order valence-corrected chi connectivity index (χ4v) is 3.01. The number of H-pyrrole nitrogens is 1. The van der Waals surface area contributed by atoms with Crippen molar-refractivity contribution in [3.63, 3.8) is 0 Å². The summed E-state index contributed by atoms with van der Waals surface area (Å²) in [6.45, 7) is 3.69. The van der Waals surface area contributed by atoms with E-state index in [0.29, 0.717) is 12.2 Å². The maximum Gasteiger partial charge on any atom is 0.244 e. The SMILES string of the molecule is CCCCCNS(=O)(=O)c1c(CO)n[nH]c1C. The molecule has 0 unspecified atom stereocenters. The van der Waals surface area contributed by atoms with Gasteiger partial charge >= 0.3 is 0 Å². The van der Waals surface area contributed by atoms with Crippen LogP contribution in [0.15, 0.2) is 4.90 Å². The number of sulfonamides is 1. The third-order valence-corrected chi connectivity index (χ3v) is 4.12. The second kappa shape index (κ2) is 6.13. The molecule has 1 heterocycles. The zero-order valence-electron chi connectivity index (χ0n) is 10.2. The smallest absolute Gasteiger partial charge is 0.244 e. The van der Waals surface area contributed by atoms with E-state index in [1.807, 2.05) is 0 Å². The van der Waals surface area contributed by atoms with Crippen LogP contribution in [-0.2, 0) is 16.6 Å². The van der Waals surface area contributed by atoms with E-state index >= 15 is 0 Å². The Hall–Kier alpha value is -0.920. The Morgan fingerprint density at radius 3 is 2.71 bits per heavy atom. The zero-order valence-corrected chi connectivity index (χ0v) is 11.0. The minimum absolute atomic E-state index is 0.0662. The molecule has 0 saturated heterocycles. The largest absolute Gasteiger partial charge is 0.390 e. The Morgan fingerprint density at radius 1 is 1.41 bits per heavy atom. The lowest BCUT2D eigenvalue weighted by Crippen LogP contribution is -2.26. The summed E-state index contributed by atoms with van der Waals surface area (Å²) in [5, 5.41) is 15.3. The van der Waals surface area contributed by atoms with Crippen molar-refractivity contribution in [3.05, 3.63) is 11.4 Å². The molecule has 7 heteroatoms. The number of rotatable bonds is 7. The van der Waals surface area contributed by atoms with Gasteiger partial charge in [0, 0.05) is 6.54 Å². The summed E-state index contributed by atoms with van der Waals surface area (Å²) in [4.78, 5) is 0.0662. The molecule has 17 heavy (non-hydrogen) atoms. The van der Waals surface area contributed by atoms with E-state index in [1.54, 1.807) is 6.92 Å². The first-order valence-corrected chi connectivity index (χ1v) is 7.15. The van der Waals surface area contributed by atoms with E-state index in [2.05, 4.69) is 21.8 Å². The van der Waals surface area contributed by atoms with E-state index in [-0.39, 0.29) is 10.6 Å². The lowest BCUT2D eigenvalue weighted by Gasteiger charge is -2.06. The van der Waals surface area contributed by atoms with Gasteiger partial charge in [0.05, 0.1) is 12.3 Å². The second-order valence-corrected chi connectivity index (χ2v) is 5.59. The second-order valence-electron chi connectivity index (χ2n) is 3.89. The third-order valence-electron chi connectivity index (χ3n) is 2.45. The highest BCUT2D eigenvalue weighted by Gasteiger charge is 2.23. The average Bonchev–Trinajstić information content (AvgIpc) is 2.66. The highest BCUT2D eigenvalue weighted by molar-refractivity contribution is 7.89. The molecule has 6 nitrogen and oxygen atoms in total. The van der Waals surface area contributed by atoms with Gasteiger partial charge in [-0.3, -0.25) is 5.10 Å². The van der Waals surface area contributed by atoms with Gasteiger partial charge < -0.3 is 5.11 Å². The molecular formula is C10H19N3O3S. The van der Waals surface area contributed by atoms with Crippen LogP contribution in [0.3, 0.4) is 0 Å². The summed E-state index contributed by atoms with van der Waals surface area (Å²) in [6, 6.07) is 0. The summed E-state index contributed by atoms with van der Waals surface area (Å²) in [5.41, 5.74) is 0.600. The maximum atomic E-state index is 12.0. The van der Waals surface area contributed by atoms with Crippen molar-refractivity contribution in [2.75, 3.05) is 6.54 Å². The average molecular weight is 261 g/mol. The molecule has 0 bridgehead atoms. The molecule has 0 aliphatic carbocycles. The van der Waals surface area contributed by atoms with Crippen LogP contribution in [0, 0.1) is 6.92 Å². The van der Waals surface area contributed by atoms with Crippen LogP contribution in [0.1, 0.15) is 37.6 Å². The van der Waals surface area contributed by atoms with Gasteiger partial charge in [-0.2, -0.15) is 5.10 Å². The zero-order chi connectivity index (χ0) is 12.9. The molecule has 1 aromatic heterocycles. The molecular weight excluding hydrogens is 242 g/mol. The van der Waals surface area contributed by atoms with Crippen LogP contribution < -0.4 is 4.72 Å². The van der Waals surface area contributed by atoms with Gasteiger partial charge in [0.1, 0.15) is 10.6 Å². The van der Waals surface area contributed by atoms with Gasteiger partial charge in [-0.15, -0.1) is 0 Å². The van der Waals surface area contributed by atoms with E-state index in [1.165, 1.54) is 0 Å². The van der Waals surface area contributed by atoms with E-state index < -0.39 is 16.6 Å². The highest BCUT2D eigenvalue weighted by Crippen LogP contribution is 2.17. The number of aliphatic hydroxyl groups is 1. The summed E-state index contributed by atoms with van der Waals surface area (Å²) in [5.74, 6) is 0. The topological polar surface area (TPSA) is 95.1 Å². The number of nitrogens with one attached hydrogen (secondary N) is 2. The van der Waals surface area contributed by atoms with E-state index in [0.717, 1.165) is 19.3 Å². The van der Waals surface area contributed by atoms with Crippen molar-refractivity contribution < 1.29 is 13.5 Å². The summed E-state index contributed by atoms with van der Waals surface area (Å²) < 4.78 is 26.5. The molecule has 0 atom stereocenters. The predicted octanol–water partition coefficient (Wildman–Crippen LogP) is 0.679. The van der Waals surface area contributed by atoms with Crippen molar-refractivity contribution >= 4 is 10.0 Å². The third kappa shape index (κ3) is 3.52. The molecule has 0 aromatic carbocycles. The minimum atomic E-state index is -3.57. The Balaban J connectivity index is 2.78. The molecule has 0 fully saturated rings. The molecule has 0 aliphatic heterocycles. The first-order valence-electron chi connectivity index (χ1n) is 5.67. The quantitative estimate of drug-likeness (QED) is 0.629. The molecule has 0 spiro atoms. The normalized spacial score (nSPS) is 11.9. The van der Waals surface area contributed by atoms with E-state index in [9.17, 15) is 8.42 Å². The molecule has 1 rings (SSSR count). The Bertz CT molecular complexity index is 453. The number of unbranched alkanes of at least 4 members (excludes halogenated alkanes) is 2. The van der Waals surface area contributed by atoms with Crippen molar-refractivity contribution in [2.24, 2.45) is 0 Å². The van der Waals surface area contributed by atoms with Crippen LogP contribution in [-0.4, -0.2) is 30.3 Å². The first-order chi connectivity index (χ1) is 8.03. The molecule has 98 valence electrons. The van der Waals surface area contributed by atoms with Gasteiger partial charge in [0.25, 0.3) is 0 Å². The molecule has 0 saturated carbocycles. The molecule has 1 aromatic rings. The lowest BCUT2D eigenvalue weighted by molar-refractivity contribution is 0.273. The number of aryl methyl sites for hydroxylation is 1. The standard InChI is InChI=1S/C10H19N3O3S/c1-3-4-5-6-11-17(15,16)10-8(2)12-13-9(10)7-14/h11,14H,3-7H2,1-2H3,(H,12,13). The number of nitrogens with zero attached hydrogens (tertiary/aromatic N) is 1. The van der Waals surface area contributed by atoms with Gasteiger partial charge in [-0.05, 0) is 13.3 Å². The fraction of sp³-hybridized carbons (Fsp3) is 0.700. The van der Waals surface area contributed by atoms with Crippen molar-refractivity contribution in [1.82, 2.24) is 14.9 Å². The van der Waals surface area contributed by atoms with Crippen molar-refractivity contribution in [3.8, 4) is 0 Å². The molecule has 3 N–H and O–H groups in total. The van der Waals surface area contributed by atoms with Crippen molar-refractivity contribution in [1.29, 1.82) is 0 Å². The van der Waals surface area contributed by atoms with E-state index in [4.69, 9.17) is 5.11 Å². The van der Waals surface area contributed by atoms with Crippen molar-refractivity contribution in [2.45, 2.75) is 44.6 Å². The Morgan fingerprint density at radius 2 is 2.12 bits per heavy atom. The summed E-state index contributed by atoms with van der Waals surface area (Å²) in [6.07, 6.45) is 2.83. The summed E-state index contributed by atoms with van der Waals surface area (Å²) >= 11 is 0. The van der Waals surface area contributed by atoms with Crippen LogP contribution in [0.4, 0.5) is 0 Å². The number of hydrogen-bond acceptors (Lipinski definition) is 4. The lowest BCUT2D eigenvalue weighted by atomic mass is 10.3. The first kappa shape index (κ1) is 14.1. The van der Waals surface area contributed by atoms with Crippen LogP contribution in [0.5, 0.6) is 0 Å². The minimum Gasteiger partial charge on any atom is -0.390 e. The Kier molecular flexibility index (Phi) is 5.10. The summed E-state index contributed by atoms with van der Waals surface area (Å²) in [7, 11) is -3.57. The van der Waals surface area contributed by atoms with Crippen LogP contribution in [0.2, 0.25) is 0 Å². The number of hydrogen-bond donors (Lipinski definition) is 3. The van der Waals surface area contributed by atoms with Crippen LogP contribution in [0.25, 0.3) is 0 Å². The van der Waals surface area contributed by atoms with Gasteiger partial charge in [0.2, 0.25) is 10.0 Å². The van der Waals surface area contributed by atoms with Crippen LogP contribution >= 0.6 is 0 Å². The maximum absolute atomic E-state index is 12.0. The Labute approximate surface area is 101 Å².